The molecule has 0 spiro atoms. The maximum atomic E-state index is 12.2. The largest absolute Gasteiger partial charge is 0.394 e. The van der Waals surface area contributed by atoms with Crippen LogP contribution in [-0.2, 0) is 4.74 Å². The topological polar surface area (TPSA) is 49.8 Å². The molecule has 5 heteroatoms. The first-order valence-electron chi connectivity index (χ1n) is 5.51. The second kappa shape index (κ2) is 5.53. The van der Waals surface area contributed by atoms with Crippen LogP contribution in [0.4, 0.5) is 0 Å². The van der Waals surface area contributed by atoms with Gasteiger partial charge >= 0.3 is 0 Å². The van der Waals surface area contributed by atoms with Crippen molar-refractivity contribution in [2.24, 2.45) is 0 Å². The molecule has 0 radical (unpaired) electrons. The van der Waals surface area contributed by atoms with E-state index >= 15 is 0 Å². The quantitative estimate of drug-likeness (QED) is 0.767. The summed E-state index contributed by atoms with van der Waals surface area (Å²) in [5.74, 6) is -0.0803. The molecule has 0 aliphatic carbocycles. The molecule has 1 N–H and O–H groups in total. The summed E-state index contributed by atoms with van der Waals surface area (Å²) in [5.41, 5.74) is 0.595. The monoisotopic (exact) mass is 253 g/mol. The highest BCUT2D eigenvalue weighted by molar-refractivity contribution is 7.80. The molecule has 0 aromatic heterocycles. The minimum Gasteiger partial charge on any atom is -0.394 e. The van der Waals surface area contributed by atoms with Gasteiger partial charge in [-0.15, -0.1) is 12.6 Å². The van der Waals surface area contributed by atoms with Gasteiger partial charge < -0.3 is 14.7 Å². The number of morpholine rings is 1. The van der Waals surface area contributed by atoms with Gasteiger partial charge in [0.15, 0.2) is 0 Å². The first-order chi connectivity index (χ1) is 8.22. The van der Waals surface area contributed by atoms with Crippen molar-refractivity contribution in [3.05, 3.63) is 29.8 Å². The molecule has 1 saturated heterocycles. The third-order valence-corrected chi connectivity index (χ3v) is 3.07. The summed E-state index contributed by atoms with van der Waals surface area (Å²) >= 11 is 4.21. The van der Waals surface area contributed by atoms with E-state index in [9.17, 15) is 9.90 Å². The molecule has 1 aliphatic rings. The van der Waals surface area contributed by atoms with E-state index in [0.29, 0.717) is 25.3 Å². The van der Waals surface area contributed by atoms with Gasteiger partial charge in [0.2, 0.25) is 0 Å². The van der Waals surface area contributed by atoms with Crippen molar-refractivity contribution < 1.29 is 14.6 Å². The molecule has 0 saturated carbocycles. The number of rotatable bonds is 2. The Morgan fingerprint density at radius 2 is 2.41 bits per heavy atom. The van der Waals surface area contributed by atoms with Crippen LogP contribution in [0.5, 0.6) is 0 Å². The second-order valence-electron chi connectivity index (χ2n) is 3.96. The van der Waals surface area contributed by atoms with Crippen LogP contribution in [0.25, 0.3) is 0 Å². The molecule has 2 rings (SSSR count). The summed E-state index contributed by atoms with van der Waals surface area (Å²) in [6.45, 7) is 1.35. The fourth-order valence-electron chi connectivity index (χ4n) is 1.88. The van der Waals surface area contributed by atoms with E-state index in [1.54, 1.807) is 23.1 Å². The number of carbonyl (C=O) groups is 1. The number of carbonyl (C=O) groups excluding carboxylic acids is 1. The van der Waals surface area contributed by atoms with Crippen molar-refractivity contribution in [2.45, 2.75) is 10.9 Å². The Balaban J connectivity index is 2.18. The van der Waals surface area contributed by atoms with E-state index < -0.39 is 0 Å². The van der Waals surface area contributed by atoms with Crippen LogP contribution in [0.2, 0.25) is 0 Å². The van der Waals surface area contributed by atoms with Gasteiger partial charge in [0.25, 0.3) is 5.91 Å². The molecule has 4 nitrogen and oxygen atoms in total. The Hall–Kier alpha value is -1.04. The van der Waals surface area contributed by atoms with Gasteiger partial charge in [0.1, 0.15) is 0 Å². The Kier molecular flexibility index (Phi) is 4.04. The molecule has 1 aliphatic heterocycles. The maximum absolute atomic E-state index is 12.2. The van der Waals surface area contributed by atoms with Crippen molar-refractivity contribution in [1.82, 2.24) is 4.90 Å². The van der Waals surface area contributed by atoms with E-state index in [2.05, 4.69) is 12.6 Å². The second-order valence-corrected chi connectivity index (χ2v) is 4.48. The predicted molar refractivity (Wildman–Crippen MR) is 66.4 cm³/mol. The summed E-state index contributed by atoms with van der Waals surface area (Å²) < 4.78 is 5.24. The fraction of sp³-hybridized carbons (Fsp3) is 0.417. The molecule has 17 heavy (non-hydrogen) atoms. The molecule has 1 aromatic carbocycles. The summed E-state index contributed by atoms with van der Waals surface area (Å²) in [5, 5.41) is 9.22. The summed E-state index contributed by atoms with van der Waals surface area (Å²) in [6, 6.07) is 6.85. The van der Waals surface area contributed by atoms with E-state index in [0.717, 1.165) is 4.90 Å². The Morgan fingerprint density at radius 3 is 3.12 bits per heavy atom. The lowest BCUT2D eigenvalue weighted by Gasteiger charge is -2.34. The van der Waals surface area contributed by atoms with Gasteiger partial charge in [-0.05, 0) is 18.2 Å². The van der Waals surface area contributed by atoms with E-state index in [4.69, 9.17) is 4.74 Å². The third kappa shape index (κ3) is 2.80. The zero-order valence-electron chi connectivity index (χ0n) is 9.37. The smallest absolute Gasteiger partial charge is 0.254 e. The highest BCUT2D eigenvalue weighted by Crippen LogP contribution is 2.15. The van der Waals surface area contributed by atoms with Gasteiger partial charge in [-0.25, -0.2) is 0 Å². The number of ether oxygens (including phenoxy) is 1. The molecule has 1 unspecified atom stereocenters. The number of amides is 1. The molecule has 1 atom stereocenters. The maximum Gasteiger partial charge on any atom is 0.254 e. The Bertz CT molecular complexity index is 410. The number of benzene rings is 1. The van der Waals surface area contributed by atoms with Crippen molar-refractivity contribution in [3.8, 4) is 0 Å². The summed E-state index contributed by atoms with van der Waals surface area (Å²) in [7, 11) is 0. The standard InChI is InChI=1S/C12H15NO3S/c14-7-10-8-16-5-4-13(10)12(15)9-2-1-3-11(17)6-9/h1-3,6,10,14,17H,4-5,7-8H2. The van der Waals surface area contributed by atoms with Gasteiger partial charge in [0.05, 0.1) is 25.9 Å². The van der Waals surface area contributed by atoms with Gasteiger partial charge in [-0.1, -0.05) is 6.07 Å². The summed E-state index contributed by atoms with van der Waals surface area (Å²) in [4.78, 5) is 14.7. The highest BCUT2D eigenvalue weighted by Gasteiger charge is 2.27. The Morgan fingerprint density at radius 1 is 1.59 bits per heavy atom. The number of hydrogen-bond acceptors (Lipinski definition) is 4. The molecule has 92 valence electrons. The van der Waals surface area contributed by atoms with Crippen LogP contribution in [0.15, 0.2) is 29.2 Å². The van der Waals surface area contributed by atoms with Crippen LogP contribution >= 0.6 is 12.6 Å². The van der Waals surface area contributed by atoms with Crippen molar-refractivity contribution in [2.75, 3.05) is 26.4 Å². The molecule has 1 fully saturated rings. The molecule has 1 heterocycles. The molecular formula is C12H15NO3S. The van der Waals surface area contributed by atoms with Gasteiger partial charge in [-0.2, -0.15) is 0 Å². The van der Waals surface area contributed by atoms with E-state index in [1.807, 2.05) is 6.07 Å². The SMILES string of the molecule is O=C(c1cccc(S)c1)N1CCOCC1CO. The number of thiol groups is 1. The van der Waals surface area contributed by atoms with E-state index in [1.165, 1.54) is 0 Å². The zero-order valence-corrected chi connectivity index (χ0v) is 10.3. The number of nitrogens with zero attached hydrogens (tertiary/aromatic N) is 1. The first kappa shape index (κ1) is 12.4. The third-order valence-electron chi connectivity index (χ3n) is 2.79. The predicted octanol–water partition coefficient (Wildman–Crippen LogP) is 0.809. The first-order valence-corrected chi connectivity index (χ1v) is 5.95. The lowest BCUT2D eigenvalue weighted by Crippen LogP contribution is -2.50. The summed E-state index contributed by atoms with van der Waals surface area (Å²) in [6.07, 6.45) is 0. The minimum atomic E-state index is -0.250. The van der Waals surface area contributed by atoms with Gasteiger partial charge in [-0.3, -0.25) is 4.79 Å². The van der Waals surface area contributed by atoms with Crippen LogP contribution in [0.1, 0.15) is 10.4 Å². The number of aliphatic hydroxyl groups is 1. The average molecular weight is 253 g/mol. The highest BCUT2D eigenvalue weighted by atomic mass is 32.1. The Labute approximate surface area is 106 Å². The average Bonchev–Trinajstić information content (AvgIpc) is 2.38. The van der Waals surface area contributed by atoms with Crippen LogP contribution < -0.4 is 0 Å². The van der Waals surface area contributed by atoms with Crippen molar-refractivity contribution in [3.63, 3.8) is 0 Å². The number of hydrogen-bond donors (Lipinski definition) is 2. The van der Waals surface area contributed by atoms with Gasteiger partial charge in [0, 0.05) is 17.0 Å². The van der Waals surface area contributed by atoms with Crippen molar-refractivity contribution in [1.29, 1.82) is 0 Å². The van der Waals surface area contributed by atoms with Crippen LogP contribution in [0, 0.1) is 0 Å². The van der Waals surface area contributed by atoms with Crippen molar-refractivity contribution >= 4 is 18.5 Å². The molecule has 1 amide bonds. The molecular weight excluding hydrogens is 238 g/mol. The van der Waals surface area contributed by atoms with Crippen LogP contribution in [-0.4, -0.2) is 48.3 Å². The molecule has 0 bridgehead atoms. The zero-order chi connectivity index (χ0) is 12.3. The lowest BCUT2D eigenvalue weighted by molar-refractivity contribution is -0.0184. The van der Waals surface area contributed by atoms with Crippen LogP contribution in [0.3, 0.4) is 0 Å². The van der Waals surface area contributed by atoms with E-state index in [-0.39, 0.29) is 18.6 Å². The normalized spacial score (nSPS) is 20.4. The fourth-order valence-corrected chi connectivity index (χ4v) is 2.10. The molecule has 1 aromatic rings. The minimum absolute atomic E-state index is 0.0771. The number of aliphatic hydroxyl groups excluding tert-OH is 1. The lowest BCUT2D eigenvalue weighted by atomic mass is 10.1.